The van der Waals surface area contributed by atoms with Crippen LogP contribution < -0.4 is 5.32 Å². The number of piperazine rings is 1. The van der Waals surface area contributed by atoms with Gasteiger partial charge >= 0.3 is 0 Å². The SMILES string of the molecule is c1noc(CN2CC3CCC2CN3)n1. The Hall–Kier alpha value is -0.940. The Morgan fingerprint density at radius 2 is 2.57 bits per heavy atom. The zero-order valence-corrected chi connectivity index (χ0v) is 8.02. The molecule has 5 nitrogen and oxygen atoms in total. The van der Waals surface area contributed by atoms with Crippen molar-refractivity contribution in [3.63, 3.8) is 0 Å². The predicted octanol–water partition coefficient (Wildman–Crippen LogP) is 0.00580. The lowest BCUT2D eigenvalue weighted by Crippen LogP contribution is -2.60. The van der Waals surface area contributed by atoms with Crippen LogP contribution in [0.4, 0.5) is 0 Å². The van der Waals surface area contributed by atoms with E-state index in [4.69, 9.17) is 4.52 Å². The zero-order chi connectivity index (χ0) is 9.38. The van der Waals surface area contributed by atoms with Crippen LogP contribution >= 0.6 is 0 Å². The van der Waals surface area contributed by atoms with Gasteiger partial charge in [-0.3, -0.25) is 4.90 Å². The average Bonchev–Trinajstić information content (AvgIpc) is 2.72. The van der Waals surface area contributed by atoms with Gasteiger partial charge in [0.15, 0.2) is 6.33 Å². The molecule has 0 radical (unpaired) electrons. The summed E-state index contributed by atoms with van der Waals surface area (Å²) in [4.78, 5) is 6.50. The van der Waals surface area contributed by atoms with Crippen molar-refractivity contribution in [3.8, 4) is 0 Å². The van der Waals surface area contributed by atoms with E-state index >= 15 is 0 Å². The summed E-state index contributed by atoms with van der Waals surface area (Å²) in [5, 5.41) is 7.14. The van der Waals surface area contributed by atoms with Gasteiger partial charge in [0.25, 0.3) is 0 Å². The van der Waals surface area contributed by atoms with Gasteiger partial charge < -0.3 is 9.84 Å². The lowest BCUT2D eigenvalue weighted by Gasteiger charge is -2.45. The number of aromatic nitrogens is 2. The molecule has 3 saturated heterocycles. The van der Waals surface area contributed by atoms with E-state index in [1.165, 1.54) is 19.2 Å². The Labute approximate surface area is 82.5 Å². The largest absolute Gasteiger partial charge is 0.338 e. The molecule has 4 rings (SSSR count). The van der Waals surface area contributed by atoms with Gasteiger partial charge in [-0.1, -0.05) is 5.16 Å². The molecule has 0 aromatic carbocycles. The van der Waals surface area contributed by atoms with E-state index < -0.39 is 0 Å². The summed E-state index contributed by atoms with van der Waals surface area (Å²) in [6, 6.07) is 1.33. The second-order valence-electron chi connectivity index (χ2n) is 4.10. The summed E-state index contributed by atoms with van der Waals surface area (Å²) in [6.45, 7) is 3.04. The van der Waals surface area contributed by atoms with Crippen molar-refractivity contribution < 1.29 is 4.52 Å². The minimum absolute atomic E-state index is 0.659. The maximum Gasteiger partial charge on any atom is 0.240 e. The molecule has 5 heteroatoms. The smallest absolute Gasteiger partial charge is 0.240 e. The molecule has 3 aliphatic rings. The molecule has 3 fully saturated rings. The van der Waals surface area contributed by atoms with E-state index in [9.17, 15) is 0 Å². The number of piperidine rings is 2. The molecular formula is C9H14N4O. The van der Waals surface area contributed by atoms with Crippen LogP contribution in [0.3, 0.4) is 0 Å². The molecule has 0 amide bonds. The second kappa shape index (κ2) is 3.33. The van der Waals surface area contributed by atoms with Crippen LogP contribution in [0.5, 0.6) is 0 Å². The van der Waals surface area contributed by atoms with Crippen LogP contribution in [-0.4, -0.2) is 40.2 Å². The van der Waals surface area contributed by atoms with E-state index in [0.29, 0.717) is 12.1 Å². The molecule has 2 unspecified atom stereocenters. The second-order valence-corrected chi connectivity index (χ2v) is 4.10. The van der Waals surface area contributed by atoms with Gasteiger partial charge in [-0.15, -0.1) is 0 Å². The third-order valence-corrected chi connectivity index (χ3v) is 3.21. The highest BCUT2D eigenvalue weighted by molar-refractivity contribution is 4.93. The highest BCUT2D eigenvalue weighted by atomic mass is 16.5. The van der Waals surface area contributed by atoms with E-state index in [1.54, 1.807) is 0 Å². The van der Waals surface area contributed by atoms with Gasteiger partial charge in [-0.25, -0.2) is 0 Å². The predicted molar refractivity (Wildman–Crippen MR) is 49.5 cm³/mol. The molecular weight excluding hydrogens is 180 g/mol. The van der Waals surface area contributed by atoms with Crippen LogP contribution in [0.2, 0.25) is 0 Å². The van der Waals surface area contributed by atoms with Crippen molar-refractivity contribution in [2.24, 2.45) is 0 Å². The number of hydrogen-bond donors (Lipinski definition) is 1. The Morgan fingerprint density at radius 3 is 3.14 bits per heavy atom. The normalized spacial score (nSPS) is 32.3. The highest BCUT2D eigenvalue weighted by Gasteiger charge is 2.33. The molecule has 0 saturated carbocycles. The summed E-state index contributed by atoms with van der Waals surface area (Å²) >= 11 is 0. The molecule has 0 spiro atoms. The molecule has 0 aliphatic carbocycles. The Balaban J connectivity index is 1.68. The number of nitrogens with zero attached hydrogens (tertiary/aromatic N) is 3. The summed E-state index contributed by atoms with van der Waals surface area (Å²) in [7, 11) is 0. The Bertz CT molecular complexity index is 292. The van der Waals surface area contributed by atoms with Gasteiger partial charge in [-0.2, -0.15) is 4.98 Å². The van der Waals surface area contributed by atoms with Crippen LogP contribution in [0.25, 0.3) is 0 Å². The van der Waals surface area contributed by atoms with Crippen molar-refractivity contribution in [2.45, 2.75) is 31.5 Å². The fourth-order valence-corrected chi connectivity index (χ4v) is 2.43. The molecule has 14 heavy (non-hydrogen) atoms. The molecule has 1 N–H and O–H groups in total. The molecule has 4 heterocycles. The van der Waals surface area contributed by atoms with Gasteiger partial charge in [0.05, 0.1) is 6.54 Å². The fraction of sp³-hybridized carbons (Fsp3) is 0.778. The van der Waals surface area contributed by atoms with Gasteiger partial charge in [0.2, 0.25) is 5.89 Å². The monoisotopic (exact) mass is 194 g/mol. The molecule has 1 aromatic heterocycles. The van der Waals surface area contributed by atoms with Crippen LogP contribution in [0.1, 0.15) is 18.7 Å². The van der Waals surface area contributed by atoms with Gasteiger partial charge in [0.1, 0.15) is 0 Å². The summed E-state index contributed by atoms with van der Waals surface area (Å²) in [5.41, 5.74) is 0. The first kappa shape index (κ1) is 8.38. The topological polar surface area (TPSA) is 54.2 Å². The van der Waals surface area contributed by atoms with Crippen LogP contribution in [-0.2, 0) is 6.54 Å². The third kappa shape index (κ3) is 1.42. The van der Waals surface area contributed by atoms with E-state index in [2.05, 4.69) is 20.4 Å². The summed E-state index contributed by atoms with van der Waals surface area (Å²) in [5.74, 6) is 0.734. The lowest BCUT2D eigenvalue weighted by molar-refractivity contribution is 0.0592. The van der Waals surface area contributed by atoms with E-state index in [0.717, 1.165) is 25.5 Å². The minimum Gasteiger partial charge on any atom is -0.338 e. The number of rotatable bonds is 2. The third-order valence-electron chi connectivity index (χ3n) is 3.21. The van der Waals surface area contributed by atoms with Crippen molar-refractivity contribution in [1.82, 2.24) is 20.4 Å². The first-order valence-electron chi connectivity index (χ1n) is 5.15. The van der Waals surface area contributed by atoms with Crippen LogP contribution in [0.15, 0.2) is 10.9 Å². The Kier molecular flexibility index (Phi) is 1.99. The van der Waals surface area contributed by atoms with Crippen molar-refractivity contribution in [3.05, 3.63) is 12.2 Å². The lowest BCUT2D eigenvalue weighted by atomic mass is 9.93. The van der Waals surface area contributed by atoms with Crippen molar-refractivity contribution >= 4 is 0 Å². The fourth-order valence-electron chi connectivity index (χ4n) is 2.43. The highest BCUT2D eigenvalue weighted by Crippen LogP contribution is 2.23. The van der Waals surface area contributed by atoms with Gasteiger partial charge in [-0.05, 0) is 12.8 Å². The summed E-state index contributed by atoms with van der Waals surface area (Å²) < 4.78 is 5.02. The van der Waals surface area contributed by atoms with E-state index in [-0.39, 0.29) is 0 Å². The number of nitrogens with one attached hydrogen (secondary N) is 1. The first-order valence-corrected chi connectivity index (χ1v) is 5.15. The van der Waals surface area contributed by atoms with Gasteiger partial charge in [0, 0.05) is 25.2 Å². The molecule has 2 bridgehead atoms. The molecule has 3 aliphatic heterocycles. The van der Waals surface area contributed by atoms with Crippen molar-refractivity contribution in [1.29, 1.82) is 0 Å². The van der Waals surface area contributed by atoms with Crippen LogP contribution in [0, 0.1) is 0 Å². The number of fused-ring (bicyclic) bond motifs is 3. The minimum atomic E-state index is 0.659. The molecule has 2 atom stereocenters. The molecule has 1 aromatic rings. The first-order chi connectivity index (χ1) is 6.92. The standard InChI is InChI=1S/C9H14N4O/c1-2-8-3-10-7(1)4-13(8)5-9-11-6-12-14-9/h6-8,10H,1-5H2. The Morgan fingerprint density at radius 1 is 1.57 bits per heavy atom. The summed E-state index contributed by atoms with van der Waals surface area (Å²) in [6.07, 6.45) is 4.08. The average molecular weight is 194 g/mol. The van der Waals surface area contributed by atoms with E-state index in [1.807, 2.05) is 0 Å². The number of hydrogen-bond acceptors (Lipinski definition) is 5. The maximum atomic E-state index is 5.02. The van der Waals surface area contributed by atoms with Crippen molar-refractivity contribution in [2.75, 3.05) is 13.1 Å². The molecule has 76 valence electrons. The maximum absolute atomic E-state index is 5.02. The quantitative estimate of drug-likeness (QED) is 0.718. The zero-order valence-electron chi connectivity index (χ0n) is 8.02.